The van der Waals surface area contributed by atoms with Gasteiger partial charge < -0.3 is 19.6 Å². The van der Waals surface area contributed by atoms with E-state index in [0.29, 0.717) is 38.1 Å². The number of rotatable bonds is 3. The van der Waals surface area contributed by atoms with Gasteiger partial charge in [0, 0.05) is 37.8 Å². The zero-order valence-corrected chi connectivity index (χ0v) is 18.7. The number of benzene rings is 2. The Kier molecular flexibility index (Phi) is 5.82. The monoisotopic (exact) mass is 435 g/mol. The van der Waals surface area contributed by atoms with E-state index in [-0.39, 0.29) is 6.09 Å². The molecule has 1 saturated heterocycles. The standard InChI is InChI=1S/C25H29N3O4/c1-25(2,3)32-24(31)27-14-12-26(13-15-27)21-11-7-10-20-19(16-18-8-5-4-6-9-18)17-28(22(20)21)23(29)30/h4-11,17H,12-16H2,1-3H3,(H,29,30). The van der Waals surface area contributed by atoms with Crippen LogP contribution in [-0.2, 0) is 11.2 Å². The van der Waals surface area contributed by atoms with Crippen LogP contribution in [0.15, 0.2) is 54.7 Å². The first-order valence-corrected chi connectivity index (χ1v) is 10.9. The van der Waals surface area contributed by atoms with E-state index in [9.17, 15) is 14.7 Å². The van der Waals surface area contributed by atoms with Crippen molar-refractivity contribution in [2.24, 2.45) is 0 Å². The Morgan fingerprint density at radius 1 is 0.969 bits per heavy atom. The lowest BCUT2D eigenvalue weighted by Gasteiger charge is -2.37. The van der Waals surface area contributed by atoms with Crippen molar-refractivity contribution in [3.05, 3.63) is 65.9 Å². The Morgan fingerprint density at radius 2 is 1.66 bits per heavy atom. The number of fused-ring (bicyclic) bond motifs is 1. The normalized spacial score (nSPS) is 14.6. The molecule has 4 rings (SSSR count). The topological polar surface area (TPSA) is 75.0 Å². The SMILES string of the molecule is CC(C)(C)OC(=O)N1CCN(c2cccc3c(Cc4ccccc4)cn(C(=O)O)c23)CC1. The lowest BCUT2D eigenvalue weighted by Crippen LogP contribution is -2.50. The van der Waals surface area contributed by atoms with Gasteiger partial charge in [0.05, 0.1) is 11.2 Å². The molecule has 0 bridgehead atoms. The van der Waals surface area contributed by atoms with E-state index in [2.05, 4.69) is 4.90 Å². The second-order valence-corrected chi connectivity index (χ2v) is 9.10. The molecule has 2 aromatic carbocycles. The molecule has 0 radical (unpaired) electrons. The fraction of sp³-hybridized carbons (Fsp3) is 0.360. The summed E-state index contributed by atoms with van der Waals surface area (Å²) in [4.78, 5) is 28.3. The third kappa shape index (κ3) is 4.56. The van der Waals surface area contributed by atoms with Gasteiger partial charge in [0.1, 0.15) is 5.60 Å². The first kappa shape index (κ1) is 21.7. The Balaban J connectivity index is 1.61. The number of hydrogen-bond donors (Lipinski definition) is 1. The third-order valence-corrected chi connectivity index (χ3v) is 5.60. The van der Waals surface area contributed by atoms with Gasteiger partial charge in [0.15, 0.2) is 0 Å². The molecule has 0 spiro atoms. The van der Waals surface area contributed by atoms with Crippen LogP contribution < -0.4 is 4.90 Å². The lowest BCUT2D eigenvalue weighted by molar-refractivity contribution is 0.0240. The summed E-state index contributed by atoms with van der Waals surface area (Å²) in [6.45, 7) is 7.83. The Bertz CT molecular complexity index is 1120. The molecule has 0 atom stereocenters. The molecular weight excluding hydrogens is 406 g/mol. The van der Waals surface area contributed by atoms with Gasteiger partial charge in [-0.1, -0.05) is 42.5 Å². The zero-order valence-electron chi connectivity index (χ0n) is 18.7. The summed E-state index contributed by atoms with van der Waals surface area (Å²) in [6.07, 6.45) is 1.07. The number of para-hydroxylation sites is 1. The van der Waals surface area contributed by atoms with E-state index in [1.807, 2.05) is 69.3 Å². The van der Waals surface area contributed by atoms with Crippen LogP contribution in [-0.4, -0.2) is 58.5 Å². The van der Waals surface area contributed by atoms with E-state index >= 15 is 0 Å². The highest BCUT2D eigenvalue weighted by molar-refractivity contribution is 5.99. The Hall–Kier alpha value is -3.48. The van der Waals surface area contributed by atoms with Gasteiger partial charge in [0.2, 0.25) is 0 Å². The summed E-state index contributed by atoms with van der Waals surface area (Å²) < 4.78 is 6.81. The van der Waals surface area contributed by atoms with Crippen LogP contribution in [0.5, 0.6) is 0 Å². The molecule has 2 heterocycles. The lowest BCUT2D eigenvalue weighted by atomic mass is 10.0. The van der Waals surface area contributed by atoms with Gasteiger partial charge in [-0.3, -0.25) is 4.57 Å². The summed E-state index contributed by atoms with van der Waals surface area (Å²) in [5.74, 6) is 0. The van der Waals surface area contributed by atoms with Gasteiger partial charge in [0.25, 0.3) is 0 Å². The number of hydrogen-bond acceptors (Lipinski definition) is 4. The first-order chi connectivity index (χ1) is 15.2. The molecule has 168 valence electrons. The minimum absolute atomic E-state index is 0.311. The zero-order chi connectivity index (χ0) is 22.9. The van der Waals surface area contributed by atoms with Crippen molar-refractivity contribution in [1.29, 1.82) is 0 Å². The molecule has 1 aromatic heterocycles. The molecule has 7 nitrogen and oxygen atoms in total. The van der Waals surface area contributed by atoms with Crippen molar-refractivity contribution in [3.8, 4) is 0 Å². The largest absolute Gasteiger partial charge is 0.464 e. The van der Waals surface area contributed by atoms with Gasteiger partial charge in [-0.05, 0) is 44.4 Å². The quantitative estimate of drug-likeness (QED) is 0.639. The van der Waals surface area contributed by atoms with Crippen molar-refractivity contribution in [1.82, 2.24) is 9.47 Å². The van der Waals surface area contributed by atoms with Crippen LogP contribution in [0, 0.1) is 0 Å². The fourth-order valence-electron chi connectivity index (χ4n) is 4.15. The van der Waals surface area contributed by atoms with E-state index in [1.54, 1.807) is 11.1 Å². The minimum atomic E-state index is -1.01. The number of anilines is 1. The molecule has 7 heteroatoms. The summed E-state index contributed by atoms with van der Waals surface area (Å²) in [6, 6.07) is 15.9. The highest BCUT2D eigenvalue weighted by atomic mass is 16.6. The molecule has 1 aliphatic heterocycles. The molecule has 32 heavy (non-hydrogen) atoms. The summed E-state index contributed by atoms with van der Waals surface area (Å²) >= 11 is 0. The first-order valence-electron chi connectivity index (χ1n) is 10.9. The molecule has 0 aliphatic carbocycles. The van der Waals surface area contributed by atoms with Crippen LogP contribution in [0.25, 0.3) is 10.9 Å². The molecule has 0 unspecified atom stereocenters. The van der Waals surface area contributed by atoms with E-state index in [0.717, 1.165) is 22.2 Å². The van der Waals surface area contributed by atoms with Crippen LogP contribution in [0.4, 0.5) is 15.3 Å². The summed E-state index contributed by atoms with van der Waals surface area (Å²) in [5, 5.41) is 10.8. The predicted molar refractivity (Wildman–Crippen MR) is 125 cm³/mol. The van der Waals surface area contributed by atoms with Crippen LogP contribution in [0.3, 0.4) is 0 Å². The van der Waals surface area contributed by atoms with Crippen LogP contribution in [0.2, 0.25) is 0 Å². The van der Waals surface area contributed by atoms with E-state index in [1.165, 1.54) is 4.57 Å². The Labute approximate surface area is 187 Å². The highest BCUT2D eigenvalue weighted by Gasteiger charge is 2.27. The second-order valence-electron chi connectivity index (χ2n) is 9.10. The second kappa shape index (κ2) is 8.57. The minimum Gasteiger partial charge on any atom is -0.464 e. The van der Waals surface area contributed by atoms with Crippen molar-refractivity contribution in [2.45, 2.75) is 32.8 Å². The van der Waals surface area contributed by atoms with Crippen LogP contribution >= 0.6 is 0 Å². The molecule has 1 amide bonds. The molecule has 1 N–H and O–H groups in total. The van der Waals surface area contributed by atoms with Crippen molar-refractivity contribution < 1.29 is 19.4 Å². The number of carbonyl (C=O) groups is 2. The third-order valence-electron chi connectivity index (χ3n) is 5.60. The van der Waals surface area contributed by atoms with Crippen molar-refractivity contribution >= 4 is 28.8 Å². The molecule has 0 saturated carbocycles. The number of aromatic nitrogens is 1. The van der Waals surface area contributed by atoms with Gasteiger partial charge in [-0.25, -0.2) is 9.59 Å². The number of ether oxygens (including phenoxy) is 1. The number of piperazine rings is 1. The van der Waals surface area contributed by atoms with Gasteiger partial charge in [-0.2, -0.15) is 0 Å². The van der Waals surface area contributed by atoms with Crippen molar-refractivity contribution in [2.75, 3.05) is 31.1 Å². The summed E-state index contributed by atoms with van der Waals surface area (Å²) in [5.41, 5.74) is 3.14. The highest BCUT2D eigenvalue weighted by Crippen LogP contribution is 2.32. The van der Waals surface area contributed by atoms with E-state index < -0.39 is 11.7 Å². The maximum absolute atomic E-state index is 12.4. The number of nitrogens with zero attached hydrogens (tertiary/aromatic N) is 3. The number of carbonyl (C=O) groups excluding carboxylic acids is 1. The molecular formula is C25H29N3O4. The smallest absolute Gasteiger partial charge is 0.416 e. The average Bonchev–Trinajstić information content (AvgIpc) is 3.12. The fourth-order valence-corrected chi connectivity index (χ4v) is 4.15. The molecule has 1 aliphatic rings. The van der Waals surface area contributed by atoms with E-state index in [4.69, 9.17) is 4.74 Å². The predicted octanol–water partition coefficient (Wildman–Crippen LogP) is 4.82. The molecule has 1 fully saturated rings. The molecule has 3 aromatic rings. The van der Waals surface area contributed by atoms with Gasteiger partial charge >= 0.3 is 12.2 Å². The number of carboxylic acid groups (broad SMARTS) is 1. The van der Waals surface area contributed by atoms with Crippen molar-refractivity contribution in [3.63, 3.8) is 0 Å². The van der Waals surface area contributed by atoms with Crippen LogP contribution in [0.1, 0.15) is 31.9 Å². The van der Waals surface area contributed by atoms with Gasteiger partial charge in [-0.15, -0.1) is 0 Å². The number of amides is 1. The summed E-state index contributed by atoms with van der Waals surface area (Å²) in [7, 11) is 0. The average molecular weight is 436 g/mol. The Morgan fingerprint density at radius 3 is 2.28 bits per heavy atom. The maximum atomic E-state index is 12.4. The maximum Gasteiger partial charge on any atom is 0.416 e.